The van der Waals surface area contributed by atoms with Crippen LogP contribution < -0.4 is 10.9 Å². The Morgan fingerprint density at radius 3 is 2.62 bits per heavy atom. The smallest absolute Gasteiger partial charge is 0.255 e. The summed E-state index contributed by atoms with van der Waals surface area (Å²) in [4.78, 5) is 30.8. The summed E-state index contributed by atoms with van der Waals surface area (Å²) in [5, 5.41) is 12.2. The van der Waals surface area contributed by atoms with E-state index in [1.165, 1.54) is 17.3 Å². The zero-order chi connectivity index (χ0) is 17.5. The Hall–Kier alpha value is -2.12. The van der Waals surface area contributed by atoms with Gasteiger partial charge in [-0.1, -0.05) is 30.8 Å². The van der Waals surface area contributed by atoms with Crippen molar-refractivity contribution in [2.24, 2.45) is 0 Å². The van der Waals surface area contributed by atoms with Crippen molar-refractivity contribution in [1.29, 1.82) is 0 Å². The molecule has 0 bridgehead atoms. The van der Waals surface area contributed by atoms with Crippen molar-refractivity contribution in [1.82, 2.24) is 9.97 Å². The Kier molecular flexibility index (Phi) is 6.57. The molecule has 0 saturated heterocycles. The van der Waals surface area contributed by atoms with Crippen LogP contribution in [0.4, 0.5) is 5.69 Å². The number of amides is 1. The molecule has 2 aromatic rings. The lowest BCUT2D eigenvalue weighted by Crippen LogP contribution is -2.19. The van der Waals surface area contributed by atoms with Crippen LogP contribution in [0.25, 0.3) is 0 Å². The van der Waals surface area contributed by atoms with Gasteiger partial charge in [-0.2, -0.15) is 0 Å². The minimum atomic E-state index is -0.269. The van der Waals surface area contributed by atoms with E-state index in [0.29, 0.717) is 16.4 Å². The molecule has 7 heteroatoms. The highest BCUT2D eigenvalue weighted by atomic mass is 32.2. The number of rotatable bonds is 7. The van der Waals surface area contributed by atoms with Crippen LogP contribution in [-0.4, -0.2) is 33.3 Å². The van der Waals surface area contributed by atoms with Gasteiger partial charge in [-0.15, -0.1) is 0 Å². The number of carbonyl (C=O) groups excluding carboxylic acids is 1. The van der Waals surface area contributed by atoms with Crippen molar-refractivity contribution in [2.45, 2.75) is 31.8 Å². The molecule has 0 aliphatic heterocycles. The van der Waals surface area contributed by atoms with Crippen LogP contribution >= 0.6 is 11.8 Å². The molecule has 3 N–H and O–H groups in total. The Bertz CT molecular complexity index is 757. The fraction of sp³-hybridized carbons (Fsp3) is 0.353. The van der Waals surface area contributed by atoms with Crippen LogP contribution in [0.15, 0.2) is 34.2 Å². The second-order valence-electron chi connectivity index (χ2n) is 5.30. The third-order valence-corrected chi connectivity index (χ3v) is 4.42. The molecule has 24 heavy (non-hydrogen) atoms. The number of thioether (sulfide) groups is 1. The second kappa shape index (κ2) is 8.65. The molecule has 1 aromatic heterocycles. The number of nitrogens with one attached hydrogen (secondary N) is 2. The average molecular weight is 347 g/mol. The fourth-order valence-electron chi connectivity index (χ4n) is 2.21. The zero-order valence-corrected chi connectivity index (χ0v) is 14.6. The number of carbonyl (C=O) groups is 1. The molecule has 128 valence electrons. The molecule has 2 rings (SSSR count). The first-order valence-corrected chi connectivity index (χ1v) is 8.74. The van der Waals surface area contributed by atoms with Crippen LogP contribution in [-0.2, 0) is 17.6 Å². The van der Waals surface area contributed by atoms with E-state index in [9.17, 15) is 9.59 Å². The summed E-state index contributed by atoms with van der Waals surface area (Å²) >= 11 is 1.17. The molecule has 0 unspecified atom stereocenters. The molecule has 0 aliphatic carbocycles. The number of aromatic nitrogens is 2. The van der Waals surface area contributed by atoms with Crippen LogP contribution in [0.1, 0.15) is 23.7 Å². The normalized spacial score (nSPS) is 10.6. The van der Waals surface area contributed by atoms with Gasteiger partial charge in [0.15, 0.2) is 5.16 Å². The van der Waals surface area contributed by atoms with Crippen LogP contribution in [0.3, 0.4) is 0 Å². The van der Waals surface area contributed by atoms with Gasteiger partial charge in [0.25, 0.3) is 5.56 Å². The maximum atomic E-state index is 12.0. The molecule has 1 aromatic carbocycles. The number of aromatic amines is 1. The molecule has 6 nitrogen and oxygen atoms in total. The number of aryl methyl sites for hydroxylation is 2. The minimum absolute atomic E-state index is 0.0999. The summed E-state index contributed by atoms with van der Waals surface area (Å²) in [6.07, 6.45) is 1.22. The van der Waals surface area contributed by atoms with E-state index in [-0.39, 0.29) is 30.2 Å². The molecule has 0 fully saturated rings. The monoisotopic (exact) mass is 347 g/mol. The number of aliphatic hydroxyl groups excluding tert-OH is 1. The third kappa shape index (κ3) is 4.94. The number of aliphatic hydroxyl groups is 1. The number of hydrogen-bond donors (Lipinski definition) is 3. The van der Waals surface area contributed by atoms with Gasteiger partial charge in [0.1, 0.15) is 0 Å². The summed E-state index contributed by atoms with van der Waals surface area (Å²) in [6.45, 7) is 3.70. The van der Waals surface area contributed by atoms with Gasteiger partial charge in [0.2, 0.25) is 5.91 Å². The number of H-pyrrole nitrogens is 1. The maximum Gasteiger partial charge on any atom is 0.255 e. The summed E-state index contributed by atoms with van der Waals surface area (Å²) in [5.74, 6) is -0.0129. The number of benzene rings is 1. The van der Waals surface area contributed by atoms with E-state index < -0.39 is 0 Å². The SMILES string of the molecule is CCc1ccc(NC(=O)CSc2nc(C)c(CCO)c(=O)[nH]2)cc1. The first-order chi connectivity index (χ1) is 11.5. The minimum Gasteiger partial charge on any atom is -0.396 e. The summed E-state index contributed by atoms with van der Waals surface area (Å²) in [6, 6.07) is 7.70. The van der Waals surface area contributed by atoms with E-state index in [0.717, 1.165) is 12.1 Å². The third-order valence-electron chi connectivity index (χ3n) is 3.55. The van der Waals surface area contributed by atoms with E-state index in [1.54, 1.807) is 6.92 Å². The van der Waals surface area contributed by atoms with Crippen molar-refractivity contribution in [2.75, 3.05) is 17.7 Å². The summed E-state index contributed by atoms with van der Waals surface area (Å²) in [7, 11) is 0. The molecule has 0 spiro atoms. The van der Waals surface area contributed by atoms with Gasteiger partial charge in [0, 0.05) is 30.0 Å². The predicted octanol–water partition coefficient (Wildman–Crippen LogP) is 1.91. The quantitative estimate of drug-likeness (QED) is 0.525. The van der Waals surface area contributed by atoms with Crippen LogP contribution in [0, 0.1) is 6.92 Å². The van der Waals surface area contributed by atoms with E-state index in [2.05, 4.69) is 22.2 Å². The first-order valence-electron chi connectivity index (χ1n) is 7.75. The van der Waals surface area contributed by atoms with Gasteiger partial charge < -0.3 is 15.4 Å². The number of hydrogen-bond acceptors (Lipinski definition) is 5. The summed E-state index contributed by atoms with van der Waals surface area (Å²) < 4.78 is 0. The highest BCUT2D eigenvalue weighted by Crippen LogP contribution is 2.15. The van der Waals surface area contributed by atoms with Gasteiger partial charge in [-0.05, 0) is 31.0 Å². The van der Waals surface area contributed by atoms with Crippen LogP contribution in [0.5, 0.6) is 0 Å². The number of nitrogens with zero attached hydrogens (tertiary/aromatic N) is 1. The zero-order valence-electron chi connectivity index (χ0n) is 13.8. The molecule has 0 saturated carbocycles. The van der Waals surface area contributed by atoms with E-state index in [4.69, 9.17) is 5.11 Å². The Morgan fingerprint density at radius 2 is 2.04 bits per heavy atom. The van der Waals surface area contributed by atoms with Crippen LogP contribution in [0.2, 0.25) is 0 Å². The van der Waals surface area contributed by atoms with Gasteiger partial charge in [0.05, 0.1) is 5.75 Å². The highest BCUT2D eigenvalue weighted by Gasteiger charge is 2.10. The summed E-state index contributed by atoms with van der Waals surface area (Å²) in [5.41, 5.74) is 2.74. The Morgan fingerprint density at radius 1 is 1.33 bits per heavy atom. The molecular formula is C17H21N3O3S. The predicted molar refractivity (Wildman–Crippen MR) is 95.6 cm³/mol. The van der Waals surface area contributed by atoms with Crippen molar-refractivity contribution in [3.05, 3.63) is 51.4 Å². The lowest BCUT2D eigenvalue weighted by molar-refractivity contribution is -0.113. The highest BCUT2D eigenvalue weighted by molar-refractivity contribution is 7.99. The van der Waals surface area contributed by atoms with Crippen molar-refractivity contribution in [3.63, 3.8) is 0 Å². The molecule has 0 aliphatic rings. The topological polar surface area (TPSA) is 95.1 Å². The molecular weight excluding hydrogens is 326 g/mol. The standard InChI is InChI=1S/C17H21N3O3S/c1-3-12-4-6-13(7-5-12)19-15(22)10-24-17-18-11(2)14(8-9-21)16(23)20-17/h4-7,21H,3,8-10H2,1-2H3,(H,19,22)(H,18,20,23). The molecule has 1 amide bonds. The molecule has 1 heterocycles. The van der Waals surface area contributed by atoms with Crippen molar-refractivity contribution >= 4 is 23.4 Å². The molecule has 0 radical (unpaired) electrons. The van der Waals surface area contributed by atoms with Crippen molar-refractivity contribution < 1.29 is 9.90 Å². The lowest BCUT2D eigenvalue weighted by Gasteiger charge is -2.07. The molecule has 0 atom stereocenters. The fourth-order valence-corrected chi connectivity index (χ4v) is 2.92. The Labute approximate surface area is 144 Å². The van der Waals surface area contributed by atoms with E-state index in [1.807, 2.05) is 24.3 Å². The number of anilines is 1. The first kappa shape index (κ1) is 18.2. The van der Waals surface area contributed by atoms with Gasteiger partial charge in [-0.3, -0.25) is 9.59 Å². The van der Waals surface area contributed by atoms with Crippen molar-refractivity contribution in [3.8, 4) is 0 Å². The second-order valence-corrected chi connectivity index (χ2v) is 6.26. The van der Waals surface area contributed by atoms with Gasteiger partial charge >= 0.3 is 0 Å². The largest absolute Gasteiger partial charge is 0.396 e. The average Bonchev–Trinajstić information content (AvgIpc) is 2.57. The van der Waals surface area contributed by atoms with Gasteiger partial charge in [-0.25, -0.2) is 4.98 Å². The Balaban J connectivity index is 1.94. The van der Waals surface area contributed by atoms with E-state index >= 15 is 0 Å². The lowest BCUT2D eigenvalue weighted by atomic mass is 10.1. The maximum absolute atomic E-state index is 12.0.